The number of hydrogen-bond donors (Lipinski definition) is 1. The molecule has 4 rings (SSSR count). The number of nitrogens with zero attached hydrogens (tertiary/aromatic N) is 4. The van der Waals surface area contributed by atoms with Crippen molar-refractivity contribution in [3.8, 4) is 0 Å². The fourth-order valence-electron chi connectivity index (χ4n) is 3.87. The van der Waals surface area contributed by atoms with E-state index in [1.807, 2.05) is 22.7 Å². The maximum Gasteiger partial charge on any atom is 0.276 e. The lowest BCUT2D eigenvalue weighted by atomic mass is 9.93. The molecule has 0 unspecified atom stereocenters. The van der Waals surface area contributed by atoms with Gasteiger partial charge in [0, 0.05) is 31.5 Å². The first kappa shape index (κ1) is 15.4. The van der Waals surface area contributed by atoms with Gasteiger partial charge in [0.25, 0.3) is 5.91 Å². The Kier molecular flexibility index (Phi) is 3.68. The molecular formula is C17H23N5O2. The SMILES string of the molecule is Cc1cc(C(=O)N(Cc2nccn2C)[C@H]2CC23CCNCC3)no1. The summed E-state index contributed by atoms with van der Waals surface area (Å²) in [5.74, 6) is 1.48. The number of amides is 1. The topological polar surface area (TPSA) is 76.2 Å². The zero-order valence-electron chi connectivity index (χ0n) is 14.2. The molecule has 2 fully saturated rings. The van der Waals surface area contributed by atoms with Gasteiger partial charge in [-0.15, -0.1) is 0 Å². The van der Waals surface area contributed by atoms with Crippen LogP contribution in [0.25, 0.3) is 0 Å². The van der Waals surface area contributed by atoms with Crippen LogP contribution in [0.5, 0.6) is 0 Å². The first-order valence-electron chi connectivity index (χ1n) is 8.50. The molecule has 128 valence electrons. The van der Waals surface area contributed by atoms with Crippen LogP contribution in [-0.2, 0) is 13.6 Å². The van der Waals surface area contributed by atoms with Crippen molar-refractivity contribution in [2.45, 2.75) is 38.8 Å². The van der Waals surface area contributed by atoms with Crippen LogP contribution in [-0.4, -0.2) is 44.6 Å². The van der Waals surface area contributed by atoms with E-state index < -0.39 is 0 Å². The average molecular weight is 329 g/mol. The van der Waals surface area contributed by atoms with Crippen molar-refractivity contribution >= 4 is 5.91 Å². The van der Waals surface area contributed by atoms with Gasteiger partial charge >= 0.3 is 0 Å². The Hall–Kier alpha value is -2.15. The molecule has 2 aromatic heterocycles. The molecule has 1 N–H and O–H groups in total. The summed E-state index contributed by atoms with van der Waals surface area (Å²) in [7, 11) is 1.96. The number of aryl methyl sites for hydroxylation is 2. The summed E-state index contributed by atoms with van der Waals surface area (Å²) in [6, 6.07) is 1.98. The number of rotatable bonds is 4. The monoisotopic (exact) mass is 329 g/mol. The second kappa shape index (κ2) is 5.73. The molecule has 1 saturated carbocycles. The number of aromatic nitrogens is 3. The second-order valence-electron chi connectivity index (χ2n) is 7.04. The molecule has 24 heavy (non-hydrogen) atoms. The van der Waals surface area contributed by atoms with Crippen LogP contribution in [0.2, 0.25) is 0 Å². The van der Waals surface area contributed by atoms with Gasteiger partial charge in [-0.05, 0) is 44.7 Å². The highest BCUT2D eigenvalue weighted by Crippen LogP contribution is 2.56. The van der Waals surface area contributed by atoms with E-state index in [2.05, 4.69) is 15.5 Å². The molecule has 0 radical (unpaired) electrons. The highest BCUT2D eigenvalue weighted by Gasteiger charge is 2.58. The fraction of sp³-hybridized carbons (Fsp3) is 0.588. The van der Waals surface area contributed by atoms with Crippen molar-refractivity contribution in [3.05, 3.63) is 35.7 Å². The van der Waals surface area contributed by atoms with Gasteiger partial charge < -0.3 is 19.3 Å². The third kappa shape index (κ3) is 2.62. The first-order chi connectivity index (χ1) is 11.6. The van der Waals surface area contributed by atoms with Crippen LogP contribution in [0, 0.1) is 12.3 Å². The van der Waals surface area contributed by atoms with Gasteiger partial charge in [-0.2, -0.15) is 0 Å². The molecule has 3 heterocycles. The summed E-state index contributed by atoms with van der Waals surface area (Å²) in [5, 5.41) is 7.34. The van der Waals surface area contributed by atoms with E-state index in [4.69, 9.17) is 4.52 Å². The van der Waals surface area contributed by atoms with E-state index in [1.54, 1.807) is 19.2 Å². The van der Waals surface area contributed by atoms with Crippen molar-refractivity contribution in [2.75, 3.05) is 13.1 Å². The number of carbonyl (C=O) groups excluding carboxylic acids is 1. The summed E-state index contributed by atoms with van der Waals surface area (Å²) >= 11 is 0. The molecule has 0 aromatic carbocycles. The summed E-state index contributed by atoms with van der Waals surface area (Å²) in [4.78, 5) is 19.4. The van der Waals surface area contributed by atoms with E-state index in [0.717, 1.165) is 38.2 Å². The predicted molar refractivity (Wildman–Crippen MR) is 87.3 cm³/mol. The molecule has 1 atom stereocenters. The Bertz CT molecular complexity index is 744. The summed E-state index contributed by atoms with van der Waals surface area (Å²) in [6.07, 6.45) is 7.00. The Labute approximate surface area is 141 Å². The third-order valence-corrected chi connectivity index (χ3v) is 5.46. The summed E-state index contributed by atoms with van der Waals surface area (Å²) in [5.41, 5.74) is 0.655. The normalized spacial score (nSPS) is 21.8. The van der Waals surface area contributed by atoms with E-state index in [9.17, 15) is 4.79 Å². The number of piperidine rings is 1. The smallest absolute Gasteiger partial charge is 0.276 e. The maximum atomic E-state index is 13.1. The van der Waals surface area contributed by atoms with Gasteiger partial charge in [0.15, 0.2) is 5.69 Å². The van der Waals surface area contributed by atoms with Crippen LogP contribution in [0.1, 0.15) is 41.3 Å². The van der Waals surface area contributed by atoms with Crippen LogP contribution < -0.4 is 5.32 Å². The molecule has 1 amide bonds. The molecular weight excluding hydrogens is 306 g/mol. The van der Waals surface area contributed by atoms with Crippen molar-refractivity contribution in [2.24, 2.45) is 12.5 Å². The molecule has 1 saturated heterocycles. The van der Waals surface area contributed by atoms with Crippen LogP contribution in [0.4, 0.5) is 0 Å². The minimum Gasteiger partial charge on any atom is -0.361 e. The van der Waals surface area contributed by atoms with Gasteiger partial charge in [-0.1, -0.05) is 5.16 Å². The van der Waals surface area contributed by atoms with Gasteiger partial charge in [0.05, 0.1) is 6.54 Å². The van der Waals surface area contributed by atoms with E-state index in [-0.39, 0.29) is 17.4 Å². The number of carbonyl (C=O) groups is 1. The van der Waals surface area contributed by atoms with Crippen LogP contribution in [0.15, 0.2) is 23.0 Å². The highest BCUT2D eigenvalue weighted by atomic mass is 16.5. The molecule has 7 heteroatoms. The van der Waals surface area contributed by atoms with Gasteiger partial charge in [0.2, 0.25) is 0 Å². The largest absolute Gasteiger partial charge is 0.361 e. The fourth-order valence-corrected chi connectivity index (χ4v) is 3.87. The Morgan fingerprint density at radius 2 is 2.29 bits per heavy atom. The standard InChI is InChI=1S/C17H23N5O2/c1-12-9-13(20-24-12)16(23)22(11-15-19-7-8-21(15)2)14-10-17(14)3-5-18-6-4-17/h7-9,14,18H,3-6,10-11H2,1-2H3/t14-/m0/s1. The average Bonchev–Trinajstić information content (AvgIpc) is 2.91. The zero-order chi connectivity index (χ0) is 16.7. The Morgan fingerprint density at radius 3 is 2.92 bits per heavy atom. The van der Waals surface area contributed by atoms with E-state index in [1.165, 1.54) is 0 Å². The highest BCUT2D eigenvalue weighted by molar-refractivity contribution is 5.92. The van der Waals surface area contributed by atoms with E-state index in [0.29, 0.717) is 18.0 Å². The predicted octanol–water partition coefficient (Wildman–Crippen LogP) is 1.50. The third-order valence-electron chi connectivity index (χ3n) is 5.46. The first-order valence-corrected chi connectivity index (χ1v) is 8.50. The zero-order valence-corrected chi connectivity index (χ0v) is 14.2. The molecule has 1 spiro atoms. The van der Waals surface area contributed by atoms with Gasteiger partial charge in [0.1, 0.15) is 11.6 Å². The van der Waals surface area contributed by atoms with Gasteiger partial charge in [-0.3, -0.25) is 4.79 Å². The Morgan fingerprint density at radius 1 is 1.50 bits per heavy atom. The van der Waals surface area contributed by atoms with Crippen molar-refractivity contribution in [3.63, 3.8) is 0 Å². The lowest BCUT2D eigenvalue weighted by Crippen LogP contribution is -2.39. The lowest BCUT2D eigenvalue weighted by molar-refractivity contribution is 0.0675. The molecule has 1 aliphatic heterocycles. The molecule has 7 nitrogen and oxygen atoms in total. The molecule has 2 aliphatic rings. The molecule has 0 bridgehead atoms. The maximum absolute atomic E-state index is 13.1. The minimum absolute atomic E-state index is 0.0599. The minimum atomic E-state index is -0.0599. The van der Waals surface area contributed by atoms with Crippen molar-refractivity contribution < 1.29 is 9.32 Å². The van der Waals surface area contributed by atoms with Gasteiger partial charge in [-0.25, -0.2) is 4.98 Å². The number of hydrogen-bond acceptors (Lipinski definition) is 5. The van der Waals surface area contributed by atoms with Crippen molar-refractivity contribution in [1.82, 2.24) is 24.9 Å². The summed E-state index contributed by atoms with van der Waals surface area (Å²) < 4.78 is 7.07. The second-order valence-corrected chi connectivity index (χ2v) is 7.04. The lowest BCUT2D eigenvalue weighted by Gasteiger charge is -2.29. The number of imidazole rings is 1. The van der Waals surface area contributed by atoms with Crippen molar-refractivity contribution in [1.29, 1.82) is 0 Å². The summed E-state index contributed by atoms with van der Waals surface area (Å²) in [6.45, 7) is 4.38. The quantitative estimate of drug-likeness (QED) is 0.920. The molecule has 1 aliphatic carbocycles. The van der Waals surface area contributed by atoms with E-state index >= 15 is 0 Å². The molecule has 2 aromatic rings. The number of nitrogens with one attached hydrogen (secondary N) is 1. The van der Waals surface area contributed by atoms with Crippen LogP contribution >= 0.6 is 0 Å². The van der Waals surface area contributed by atoms with Crippen LogP contribution in [0.3, 0.4) is 0 Å². The Balaban J connectivity index is 1.60.